The summed E-state index contributed by atoms with van der Waals surface area (Å²) in [5.74, 6) is 0.637. The van der Waals surface area contributed by atoms with E-state index in [1.165, 1.54) is 12.3 Å². The molecular weight excluding hydrogens is 316 g/mol. The van der Waals surface area contributed by atoms with E-state index in [9.17, 15) is 15.2 Å². The Morgan fingerprint density at radius 1 is 1.63 bits per heavy atom. The second-order valence-corrected chi connectivity index (χ2v) is 5.40. The quantitative estimate of drug-likeness (QED) is 0.654. The molecule has 1 aromatic heterocycles. The molecule has 1 aromatic rings. The van der Waals surface area contributed by atoms with Gasteiger partial charge in [-0.05, 0) is 23.0 Å². The molecule has 0 spiro atoms. The van der Waals surface area contributed by atoms with Crippen LogP contribution >= 0.6 is 15.9 Å². The van der Waals surface area contributed by atoms with Gasteiger partial charge in [-0.25, -0.2) is 4.98 Å². The summed E-state index contributed by atoms with van der Waals surface area (Å²) in [5, 5.41) is 20.1. The molecule has 19 heavy (non-hydrogen) atoms. The molecule has 0 amide bonds. The minimum atomic E-state index is -0.477. The lowest BCUT2D eigenvalue weighted by Crippen LogP contribution is -2.54. The van der Waals surface area contributed by atoms with Crippen molar-refractivity contribution in [3.8, 4) is 0 Å². The van der Waals surface area contributed by atoms with E-state index in [4.69, 9.17) is 0 Å². The van der Waals surface area contributed by atoms with Crippen LogP contribution in [0.25, 0.3) is 0 Å². The standard InChI is InChI=1S/C11H15BrN4O3/c1-14-2-3-15(9(6-14)7-17)11-10(12)4-8(5-13-11)16(18)19/h4-5,9,17H,2-3,6-7H2,1H3. The van der Waals surface area contributed by atoms with E-state index in [2.05, 4.69) is 25.8 Å². The molecule has 1 aliphatic rings. The highest BCUT2D eigenvalue weighted by molar-refractivity contribution is 9.10. The molecule has 1 unspecified atom stereocenters. The van der Waals surface area contributed by atoms with Crippen molar-refractivity contribution in [3.63, 3.8) is 0 Å². The Hall–Kier alpha value is -1.25. The fourth-order valence-electron chi connectivity index (χ4n) is 2.18. The van der Waals surface area contributed by atoms with Crippen molar-refractivity contribution in [3.05, 3.63) is 26.9 Å². The van der Waals surface area contributed by atoms with E-state index >= 15 is 0 Å². The van der Waals surface area contributed by atoms with Crippen LogP contribution in [0.2, 0.25) is 0 Å². The molecule has 1 N–H and O–H groups in total. The van der Waals surface area contributed by atoms with Crippen molar-refractivity contribution in [2.24, 2.45) is 0 Å². The van der Waals surface area contributed by atoms with Crippen molar-refractivity contribution < 1.29 is 10.0 Å². The van der Waals surface area contributed by atoms with Crippen molar-refractivity contribution in [2.45, 2.75) is 6.04 Å². The highest BCUT2D eigenvalue weighted by Gasteiger charge is 2.27. The Balaban J connectivity index is 2.28. The van der Waals surface area contributed by atoms with Crippen LogP contribution in [0.3, 0.4) is 0 Å². The minimum absolute atomic E-state index is 0.0233. The summed E-state index contributed by atoms with van der Waals surface area (Å²) >= 11 is 3.32. The molecule has 1 saturated heterocycles. The van der Waals surface area contributed by atoms with Crippen LogP contribution in [0.1, 0.15) is 0 Å². The summed E-state index contributed by atoms with van der Waals surface area (Å²) in [6.07, 6.45) is 1.24. The Morgan fingerprint density at radius 2 is 2.37 bits per heavy atom. The van der Waals surface area contributed by atoms with E-state index in [0.29, 0.717) is 10.3 Å². The van der Waals surface area contributed by atoms with Crippen molar-refractivity contribution in [2.75, 3.05) is 38.2 Å². The number of piperazine rings is 1. The number of likely N-dealkylation sites (N-methyl/N-ethyl adjacent to an activating group) is 1. The third-order valence-corrected chi connectivity index (χ3v) is 3.77. The number of aliphatic hydroxyl groups excluding tert-OH is 1. The van der Waals surface area contributed by atoms with Gasteiger partial charge >= 0.3 is 0 Å². The first-order chi connectivity index (χ1) is 9.02. The van der Waals surface area contributed by atoms with E-state index in [-0.39, 0.29) is 18.3 Å². The maximum atomic E-state index is 10.7. The van der Waals surface area contributed by atoms with Crippen LogP contribution < -0.4 is 4.90 Å². The largest absolute Gasteiger partial charge is 0.394 e. The molecule has 2 heterocycles. The molecule has 0 aromatic carbocycles. The minimum Gasteiger partial charge on any atom is -0.394 e. The van der Waals surface area contributed by atoms with Gasteiger partial charge in [0, 0.05) is 25.7 Å². The molecule has 2 rings (SSSR count). The second-order valence-electron chi connectivity index (χ2n) is 4.55. The Bertz CT molecular complexity index is 485. The molecule has 0 radical (unpaired) electrons. The topological polar surface area (TPSA) is 82.7 Å². The fourth-order valence-corrected chi connectivity index (χ4v) is 2.74. The third kappa shape index (κ3) is 3.02. The van der Waals surface area contributed by atoms with Gasteiger partial charge in [0.2, 0.25) is 0 Å². The third-order valence-electron chi connectivity index (χ3n) is 3.19. The lowest BCUT2D eigenvalue weighted by atomic mass is 10.2. The summed E-state index contributed by atoms with van der Waals surface area (Å²) in [4.78, 5) is 18.5. The number of nitrogens with zero attached hydrogens (tertiary/aromatic N) is 4. The fraction of sp³-hybridized carbons (Fsp3) is 0.545. The highest BCUT2D eigenvalue weighted by Crippen LogP contribution is 2.29. The molecule has 7 nitrogen and oxygen atoms in total. The molecule has 0 bridgehead atoms. The molecule has 0 saturated carbocycles. The van der Waals surface area contributed by atoms with E-state index < -0.39 is 4.92 Å². The predicted molar refractivity (Wildman–Crippen MR) is 74.3 cm³/mol. The Morgan fingerprint density at radius 3 is 2.95 bits per heavy atom. The number of nitro groups is 1. The molecule has 0 aliphatic carbocycles. The van der Waals surface area contributed by atoms with E-state index in [1.807, 2.05) is 11.9 Å². The number of pyridine rings is 1. The van der Waals surface area contributed by atoms with Gasteiger partial charge in [0.15, 0.2) is 0 Å². The molecule has 1 fully saturated rings. The van der Waals surface area contributed by atoms with Crippen molar-refractivity contribution in [1.29, 1.82) is 0 Å². The maximum Gasteiger partial charge on any atom is 0.288 e. The number of aromatic nitrogens is 1. The smallest absolute Gasteiger partial charge is 0.288 e. The van der Waals surface area contributed by atoms with Gasteiger partial charge in [0.1, 0.15) is 12.0 Å². The average molecular weight is 331 g/mol. The van der Waals surface area contributed by atoms with Crippen LogP contribution in [0.4, 0.5) is 11.5 Å². The first kappa shape index (κ1) is 14.2. The predicted octanol–water partition coefficient (Wildman–Crippen LogP) is 0.865. The van der Waals surface area contributed by atoms with Crippen molar-refractivity contribution in [1.82, 2.24) is 9.88 Å². The van der Waals surface area contributed by atoms with Crippen LogP contribution in [0.15, 0.2) is 16.7 Å². The SMILES string of the molecule is CN1CCN(c2ncc([N+](=O)[O-])cc2Br)C(CO)C1. The number of rotatable bonds is 3. The maximum absolute atomic E-state index is 10.7. The highest BCUT2D eigenvalue weighted by atomic mass is 79.9. The van der Waals surface area contributed by atoms with Gasteiger partial charge in [-0.2, -0.15) is 0 Å². The lowest BCUT2D eigenvalue weighted by Gasteiger charge is -2.40. The molecule has 1 atom stereocenters. The first-order valence-corrected chi connectivity index (χ1v) is 6.68. The lowest BCUT2D eigenvalue weighted by molar-refractivity contribution is -0.385. The Kier molecular flexibility index (Phi) is 4.33. The zero-order valence-electron chi connectivity index (χ0n) is 10.5. The van der Waals surface area contributed by atoms with Crippen molar-refractivity contribution >= 4 is 27.4 Å². The van der Waals surface area contributed by atoms with Gasteiger partial charge < -0.3 is 14.9 Å². The second kappa shape index (κ2) is 5.81. The number of anilines is 1. The van der Waals surface area contributed by atoms with Crippen LogP contribution in [0.5, 0.6) is 0 Å². The van der Waals surface area contributed by atoms with Crippen LogP contribution in [-0.4, -0.2) is 59.2 Å². The number of halogens is 1. The van der Waals surface area contributed by atoms with Crippen LogP contribution in [-0.2, 0) is 0 Å². The molecular formula is C11H15BrN4O3. The van der Waals surface area contributed by atoms with Gasteiger partial charge in [0.05, 0.1) is 22.0 Å². The van der Waals surface area contributed by atoms with E-state index in [0.717, 1.165) is 19.6 Å². The van der Waals surface area contributed by atoms with Gasteiger partial charge in [-0.1, -0.05) is 0 Å². The normalized spacial score (nSPS) is 20.6. The Labute approximate surface area is 119 Å². The van der Waals surface area contributed by atoms with Gasteiger partial charge in [-0.15, -0.1) is 0 Å². The number of hydrogen-bond acceptors (Lipinski definition) is 6. The molecule has 8 heteroatoms. The summed E-state index contributed by atoms with van der Waals surface area (Å²) in [6.45, 7) is 2.35. The monoisotopic (exact) mass is 330 g/mol. The van der Waals surface area contributed by atoms with E-state index in [1.54, 1.807) is 0 Å². The summed E-state index contributed by atoms with van der Waals surface area (Å²) in [6, 6.07) is 1.39. The molecule has 104 valence electrons. The summed E-state index contributed by atoms with van der Waals surface area (Å²) < 4.78 is 0.574. The van der Waals surface area contributed by atoms with Gasteiger partial charge in [-0.3, -0.25) is 10.1 Å². The first-order valence-electron chi connectivity index (χ1n) is 5.89. The average Bonchev–Trinajstić information content (AvgIpc) is 2.38. The zero-order valence-corrected chi connectivity index (χ0v) is 12.1. The molecule has 1 aliphatic heterocycles. The number of aliphatic hydroxyl groups is 1. The summed E-state index contributed by atoms with van der Waals surface area (Å²) in [5.41, 5.74) is -0.0506. The van der Waals surface area contributed by atoms with Crippen LogP contribution in [0, 0.1) is 10.1 Å². The zero-order chi connectivity index (χ0) is 14.0. The summed E-state index contributed by atoms with van der Waals surface area (Å²) in [7, 11) is 2.00. The van der Waals surface area contributed by atoms with Gasteiger partial charge in [0.25, 0.3) is 5.69 Å². The number of hydrogen-bond donors (Lipinski definition) is 1.